The van der Waals surface area contributed by atoms with Gasteiger partial charge in [-0.2, -0.15) is 0 Å². The van der Waals surface area contributed by atoms with Gasteiger partial charge in [-0.1, -0.05) is 53.2 Å². The van der Waals surface area contributed by atoms with Crippen molar-refractivity contribution in [2.45, 2.75) is 95.5 Å². The second kappa shape index (κ2) is 10.1. The van der Waals surface area contributed by atoms with Gasteiger partial charge in [0.05, 0.1) is 4.58 Å². The van der Waals surface area contributed by atoms with Gasteiger partial charge < -0.3 is 4.43 Å². The fraction of sp³-hybridized carbons (Fsp3) is 0.900. The molecule has 4 heteroatoms. The van der Waals surface area contributed by atoms with Crippen LogP contribution in [0.25, 0.3) is 0 Å². The van der Waals surface area contributed by atoms with Gasteiger partial charge in [0, 0.05) is 6.10 Å². The molecule has 0 aliphatic carbocycles. The molecule has 1 fully saturated rings. The molecule has 1 rings (SSSR count). The van der Waals surface area contributed by atoms with Crippen LogP contribution in [0.5, 0.6) is 0 Å². The van der Waals surface area contributed by atoms with Crippen LogP contribution in [0.3, 0.4) is 0 Å². The van der Waals surface area contributed by atoms with Gasteiger partial charge in [0.1, 0.15) is 0 Å². The van der Waals surface area contributed by atoms with Gasteiger partial charge in [-0.25, -0.2) is 0 Å². The maximum atomic E-state index is 6.71. The van der Waals surface area contributed by atoms with E-state index in [-0.39, 0.29) is 5.04 Å². The summed E-state index contributed by atoms with van der Waals surface area (Å²) in [5, 5.41) is 0.281. The fourth-order valence-corrected chi connectivity index (χ4v) is 7.38. The highest BCUT2D eigenvalue weighted by molar-refractivity contribution is 8.17. The Morgan fingerprint density at radius 3 is 2.29 bits per heavy atom. The quantitative estimate of drug-likeness (QED) is 0.302. The predicted octanol–water partition coefficient (Wildman–Crippen LogP) is 7.35. The molecule has 1 aliphatic rings. The molecule has 0 aromatic heterocycles. The van der Waals surface area contributed by atoms with E-state index in [1.165, 1.54) is 29.9 Å². The summed E-state index contributed by atoms with van der Waals surface area (Å²) < 4.78 is 7.47. The van der Waals surface area contributed by atoms with E-state index in [1.807, 2.05) is 0 Å². The van der Waals surface area contributed by atoms with Gasteiger partial charge in [-0.3, -0.25) is 0 Å². The molecule has 2 atom stereocenters. The normalized spacial score (nSPS) is 20.0. The Morgan fingerprint density at radius 2 is 1.79 bits per heavy atom. The first kappa shape index (κ1) is 22.7. The van der Waals surface area contributed by atoms with Gasteiger partial charge in [0.2, 0.25) is 0 Å². The lowest BCUT2D eigenvalue weighted by Gasteiger charge is -2.39. The van der Waals surface area contributed by atoms with Crippen molar-refractivity contribution in [3.8, 4) is 0 Å². The van der Waals surface area contributed by atoms with Crippen LogP contribution in [0, 0.1) is 5.92 Å². The third-order valence-electron chi connectivity index (χ3n) is 5.32. The van der Waals surface area contributed by atoms with Gasteiger partial charge >= 0.3 is 0 Å². The third-order valence-corrected chi connectivity index (χ3v) is 13.3. The summed E-state index contributed by atoms with van der Waals surface area (Å²) >= 11 is 4.31. The van der Waals surface area contributed by atoms with E-state index in [1.54, 1.807) is 0 Å². The molecule has 0 saturated carbocycles. The highest BCUT2D eigenvalue weighted by atomic mass is 32.2. The van der Waals surface area contributed by atoms with Crippen molar-refractivity contribution in [3.63, 3.8) is 0 Å². The molecule has 0 bridgehead atoms. The topological polar surface area (TPSA) is 9.23 Å². The van der Waals surface area contributed by atoms with Crippen LogP contribution in [0.1, 0.15) is 66.7 Å². The third kappa shape index (κ3) is 7.47. The van der Waals surface area contributed by atoms with Gasteiger partial charge in [-0.15, -0.1) is 23.5 Å². The average Bonchev–Trinajstić information content (AvgIpc) is 2.46. The van der Waals surface area contributed by atoms with Crippen LogP contribution in [0.15, 0.2) is 12.2 Å². The first-order valence-electron chi connectivity index (χ1n) is 9.64. The number of thioether (sulfide) groups is 2. The smallest absolute Gasteiger partial charge is 0.192 e. The monoisotopic (exact) mass is 388 g/mol. The molecule has 0 aromatic carbocycles. The maximum absolute atomic E-state index is 6.71. The van der Waals surface area contributed by atoms with E-state index in [2.05, 4.69) is 77.8 Å². The standard InChI is InChI=1S/C20H40OS2Si/c1-9-11-18(21-24(7,8)20(4,5)6)15-16(2)14-17(3)19-22-12-10-13-23-19/h17-19H,2,9-15H2,1,3-8H3/t17-,18-/m1/s1. The van der Waals surface area contributed by atoms with E-state index < -0.39 is 8.32 Å². The Bertz CT molecular complexity index is 384. The minimum absolute atomic E-state index is 0.281. The lowest BCUT2D eigenvalue weighted by molar-refractivity contribution is 0.168. The lowest BCUT2D eigenvalue weighted by Crippen LogP contribution is -2.44. The summed E-state index contributed by atoms with van der Waals surface area (Å²) in [6.07, 6.45) is 6.29. The van der Waals surface area contributed by atoms with E-state index in [4.69, 9.17) is 4.43 Å². The van der Waals surface area contributed by atoms with Crippen molar-refractivity contribution < 1.29 is 4.43 Å². The molecule has 0 spiro atoms. The molecule has 1 nitrogen and oxygen atoms in total. The first-order valence-corrected chi connectivity index (χ1v) is 14.6. The minimum Gasteiger partial charge on any atom is -0.414 e. The molecule has 0 unspecified atom stereocenters. The highest BCUT2D eigenvalue weighted by Crippen LogP contribution is 2.40. The van der Waals surface area contributed by atoms with Gasteiger partial charge in [-0.05, 0) is 61.2 Å². The van der Waals surface area contributed by atoms with Crippen LogP contribution in [-0.4, -0.2) is 30.5 Å². The molecule has 0 radical (unpaired) electrons. The summed E-state index contributed by atoms with van der Waals surface area (Å²) in [6.45, 7) is 20.8. The van der Waals surface area contributed by atoms with E-state index in [9.17, 15) is 0 Å². The van der Waals surface area contributed by atoms with Crippen LogP contribution in [0.4, 0.5) is 0 Å². The highest BCUT2D eigenvalue weighted by Gasteiger charge is 2.39. The zero-order chi connectivity index (χ0) is 18.4. The Balaban J connectivity index is 2.55. The molecule has 1 saturated heterocycles. The van der Waals surface area contributed by atoms with Crippen molar-refractivity contribution >= 4 is 31.8 Å². The summed E-state index contributed by atoms with van der Waals surface area (Å²) in [7, 11) is -1.69. The van der Waals surface area contributed by atoms with Crippen molar-refractivity contribution in [1.29, 1.82) is 0 Å². The maximum Gasteiger partial charge on any atom is 0.192 e. The second-order valence-corrected chi connectivity index (χ2v) is 16.4. The molecule has 0 amide bonds. The molecule has 0 aromatic rings. The Hall–Kier alpha value is 0.617. The van der Waals surface area contributed by atoms with Crippen molar-refractivity contribution in [3.05, 3.63) is 12.2 Å². The van der Waals surface area contributed by atoms with Crippen LogP contribution in [0.2, 0.25) is 18.1 Å². The molecule has 1 aliphatic heterocycles. The average molecular weight is 389 g/mol. The lowest BCUT2D eigenvalue weighted by atomic mass is 9.97. The molecule has 1 heterocycles. The molecular weight excluding hydrogens is 348 g/mol. The summed E-state index contributed by atoms with van der Waals surface area (Å²) in [5.74, 6) is 3.39. The number of hydrogen-bond donors (Lipinski definition) is 0. The minimum atomic E-state index is -1.69. The fourth-order valence-electron chi connectivity index (χ4n) is 2.91. The molecule has 142 valence electrons. The van der Waals surface area contributed by atoms with Gasteiger partial charge in [0.25, 0.3) is 0 Å². The predicted molar refractivity (Wildman–Crippen MR) is 118 cm³/mol. The van der Waals surface area contributed by atoms with Crippen LogP contribution in [-0.2, 0) is 4.43 Å². The molecule has 0 N–H and O–H groups in total. The molecular formula is C20H40OS2Si. The SMILES string of the molecule is C=C(C[C@@H](CCC)O[Si](C)(C)C(C)(C)C)C[C@@H](C)C1SCCCS1. The van der Waals surface area contributed by atoms with Crippen LogP contribution < -0.4 is 0 Å². The zero-order valence-electron chi connectivity index (χ0n) is 17.1. The summed E-state index contributed by atoms with van der Waals surface area (Å²) in [6, 6.07) is 0. The van der Waals surface area contributed by atoms with Crippen molar-refractivity contribution in [1.82, 2.24) is 0 Å². The van der Waals surface area contributed by atoms with Gasteiger partial charge in [0.15, 0.2) is 8.32 Å². The number of hydrogen-bond acceptors (Lipinski definition) is 3. The largest absolute Gasteiger partial charge is 0.414 e. The van der Waals surface area contributed by atoms with E-state index >= 15 is 0 Å². The van der Waals surface area contributed by atoms with Crippen LogP contribution >= 0.6 is 23.5 Å². The van der Waals surface area contributed by atoms with E-state index in [0.717, 1.165) is 29.8 Å². The summed E-state index contributed by atoms with van der Waals surface area (Å²) in [4.78, 5) is 0. The van der Waals surface area contributed by atoms with E-state index in [0.29, 0.717) is 6.10 Å². The zero-order valence-corrected chi connectivity index (χ0v) is 19.7. The van der Waals surface area contributed by atoms with Crippen molar-refractivity contribution in [2.75, 3.05) is 11.5 Å². The Labute approximate surface area is 161 Å². The summed E-state index contributed by atoms with van der Waals surface area (Å²) in [5.41, 5.74) is 1.39. The Morgan fingerprint density at radius 1 is 1.21 bits per heavy atom. The molecule has 24 heavy (non-hydrogen) atoms. The Kier molecular flexibility index (Phi) is 9.52. The first-order chi connectivity index (χ1) is 11.1. The second-order valence-electron chi connectivity index (χ2n) is 8.89. The number of rotatable bonds is 9. The van der Waals surface area contributed by atoms with Crippen molar-refractivity contribution in [2.24, 2.45) is 5.92 Å².